The van der Waals surface area contributed by atoms with Crippen LogP contribution in [0.5, 0.6) is 0 Å². The van der Waals surface area contributed by atoms with Gasteiger partial charge in [-0.15, -0.1) is 0 Å². The summed E-state index contributed by atoms with van der Waals surface area (Å²) < 4.78 is 4.90. The number of carbonyl (C=O) groups excluding carboxylic acids is 1. The van der Waals surface area contributed by atoms with Crippen LogP contribution in [0.3, 0.4) is 0 Å². The van der Waals surface area contributed by atoms with E-state index < -0.39 is 5.97 Å². The lowest BCUT2D eigenvalue weighted by Crippen LogP contribution is -2.52. The van der Waals surface area contributed by atoms with E-state index in [0.29, 0.717) is 18.4 Å². The minimum Gasteiger partial charge on any atom is -0.481 e. The Hall–Kier alpha value is -1.78. The molecule has 0 spiro atoms. The molecule has 1 aromatic heterocycles. The second kappa shape index (κ2) is 5.31. The molecule has 0 aliphatic heterocycles. The average molecular weight is 279 g/mol. The highest BCUT2D eigenvalue weighted by molar-refractivity contribution is 5.94. The first-order valence-electron chi connectivity index (χ1n) is 6.90. The number of amides is 1. The second-order valence-electron chi connectivity index (χ2n) is 6.17. The van der Waals surface area contributed by atoms with Crippen molar-refractivity contribution in [1.29, 1.82) is 0 Å². The summed E-state index contributed by atoms with van der Waals surface area (Å²) in [6.07, 6.45) is 4.14. The van der Waals surface area contributed by atoms with Crippen molar-refractivity contribution in [3.8, 4) is 0 Å². The number of hydrogen-bond donors (Lipinski definition) is 2. The molecule has 110 valence electrons. The van der Waals surface area contributed by atoms with E-state index in [1.807, 2.05) is 20.8 Å². The Balaban J connectivity index is 2.08. The fourth-order valence-electron chi connectivity index (χ4n) is 3.09. The molecule has 2 rings (SSSR count). The van der Waals surface area contributed by atoms with Gasteiger partial charge in [-0.05, 0) is 30.2 Å². The Labute approximate surface area is 118 Å². The van der Waals surface area contributed by atoms with E-state index in [1.54, 1.807) is 6.07 Å². The molecular formula is C15H21NO4. The molecule has 1 fully saturated rings. The molecule has 5 heteroatoms. The van der Waals surface area contributed by atoms with E-state index in [0.717, 1.165) is 0 Å². The van der Waals surface area contributed by atoms with Crippen molar-refractivity contribution >= 4 is 11.9 Å². The molecule has 20 heavy (non-hydrogen) atoms. The third kappa shape index (κ3) is 2.57. The quantitative estimate of drug-likeness (QED) is 0.891. The summed E-state index contributed by atoms with van der Waals surface area (Å²) in [5.74, 6) is -1.19. The SMILES string of the molecule is CC1C(NC(=O)c2ccoc2)CCC(C(=O)O)C1(C)C. The Bertz CT molecular complexity index is 492. The molecular weight excluding hydrogens is 258 g/mol. The van der Waals surface area contributed by atoms with E-state index in [4.69, 9.17) is 4.42 Å². The maximum Gasteiger partial charge on any atom is 0.307 e. The predicted octanol–water partition coefficient (Wildman–Crippen LogP) is 2.53. The van der Waals surface area contributed by atoms with E-state index in [2.05, 4.69) is 5.32 Å². The van der Waals surface area contributed by atoms with Gasteiger partial charge in [0.2, 0.25) is 0 Å². The summed E-state index contributed by atoms with van der Waals surface area (Å²) in [7, 11) is 0. The van der Waals surface area contributed by atoms with Gasteiger partial charge in [-0.1, -0.05) is 20.8 Å². The van der Waals surface area contributed by atoms with E-state index in [1.165, 1.54) is 12.5 Å². The van der Waals surface area contributed by atoms with Crippen LogP contribution in [0.4, 0.5) is 0 Å². The number of carbonyl (C=O) groups is 2. The van der Waals surface area contributed by atoms with Crippen LogP contribution in [0.15, 0.2) is 23.0 Å². The van der Waals surface area contributed by atoms with Crippen LogP contribution >= 0.6 is 0 Å². The maximum absolute atomic E-state index is 12.1. The zero-order valence-electron chi connectivity index (χ0n) is 12.1. The molecule has 2 N–H and O–H groups in total. The molecule has 0 radical (unpaired) electrons. The first kappa shape index (κ1) is 14.6. The van der Waals surface area contributed by atoms with Gasteiger partial charge in [-0.3, -0.25) is 9.59 Å². The summed E-state index contributed by atoms with van der Waals surface area (Å²) >= 11 is 0. The normalized spacial score (nSPS) is 28.9. The van der Waals surface area contributed by atoms with Crippen molar-refractivity contribution in [2.24, 2.45) is 17.3 Å². The number of rotatable bonds is 3. The number of aliphatic carboxylic acids is 1. The van der Waals surface area contributed by atoms with Crippen molar-refractivity contribution in [2.75, 3.05) is 0 Å². The van der Waals surface area contributed by atoms with E-state index >= 15 is 0 Å². The number of nitrogens with one attached hydrogen (secondary N) is 1. The van der Waals surface area contributed by atoms with E-state index in [9.17, 15) is 14.7 Å². The van der Waals surface area contributed by atoms with Crippen LogP contribution in [0.25, 0.3) is 0 Å². The standard InChI is InChI=1S/C15H21NO4/c1-9-12(16-13(17)10-6-7-20-8-10)5-4-11(14(18)19)15(9,2)3/h6-9,11-12H,4-5H2,1-3H3,(H,16,17)(H,18,19). The molecule has 1 saturated carbocycles. The zero-order valence-corrected chi connectivity index (χ0v) is 12.1. The molecule has 1 aliphatic rings. The third-order valence-electron chi connectivity index (χ3n) is 4.84. The Morgan fingerprint density at radius 3 is 2.65 bits per heavy atom. The minimum atomic E-state index is -0.749. The van der Waals surface area contributed by atoms with Gasteiger partial charge in [0.15, 0.2) is 0 Å². The predicted molar refractivity (Wildman–Crippen MR) is 73.3 cm³/mol. The van der Waals surface area contributed by atoms with Crippen LogP contribution < -0.4 is 5.32 Å². The number of carboxylic acid groups (broad SMARTS) is 1. The Kier molecular flexibility index (Phi) is 3.88. The molecule has 1 aliphatic carbocycles. The summed E-state index contributed by atoms with van der Waals surface area (Å²) in [5, 5.41) is 12.3. The van der Waals surface area contributed by atoms with Gasteiger partial charge in [-0.25, -0.2) is 0 Å². The molecule has 3 unspecified atom stereocenters. The summed E-state index contributed by atoms with van der Waals surface area (Å²) in [6, 6.07) is 1.61. The summed E-state index contributed by atoms with van der Waals surface area (Å²) in [6.45, 7) is 5.94. The lowest BCUT2D eigenvalue weighted by molar-refractivity contribution is -0.150. The molecule has 0 saturated heterocycles. The second-order valence-corrected chi connectivity index (χ2v) is 6.17. The van der Waals surface area contributed by atoms with Crippen molar-refractivity contribution in [2.45, 2.75) is 39.7 Å². The molecule has 1 aromatic rings. The Morgan fingerprint density at radius 1 is 1.40 bits per heavy atom. The maximum atomic E-state index is 12.1. The number of hydrogen-bond acceptors (Lipinski definition) is 3. The lowest BCUT2D eigenvalue weighted by atomic mass is 9.61. The van der Waals surface area contributed by atoms with Gasteiger partial charge in [0.1, 0.15) is 6.26 Å². The largest absolute Gasteiger partial charge is 0.481 e. The zero-order chi connectivity index (χ0) is 14.9. The third-order valence-corrected chi connectivity index (χ3v) is 4.84. The number of carboxylic acids is 1. The van der Waals surface area contributed by atoms with Crippen molar-refractivity contribution in [3.63, 3.8) is 0 Å². The highest BCUT2D eigenvalue weighted by atomic mass is 16.4. The van der Waals surface area contributed by atoms with Gasteiger partial charge in [0.25, 0.3) is 5.91 Å². The molecule has 1 heterocycles. The van der Waals surface area contributed by atoms with Crippen molar-refractivity contribution < 1.29 is 19.1 Å². The first-order chi connectivity index (χ1) is 9.34. The Morgan fingerprint density at radius 2 is 2.10 bits per heavy atom. The fraction of sp³-hybridized carbons (Fsp3) is 0.600. The molecule has 0 aromatic carbocycles. The van der Waals surface area contributed by atoms with Gasteiger partial charge in [0.05, 0.1) is 17.7 Å². The van der Waals surface area contributed by atoms with Crippen LogP contribution in [0, 0.1) is 17.3 Å². The molecule has 5 nitrogen and oxygen atoms in total. The van der Waals surface area contributed by atoms with Crippen LogP contribution in [-0.2, 0) is 4.79 Å². The van der Waals surface area contributed by atoms with Crippen LogP contribution in [0.2, 0.25) is 0 Å². The smallest absolute Gasteiger partial charge is 0.307 e. The average Bonchev–Trinajstić information content (AvgIpc) is 2.88. The molecule has 3 atom stereocenters. The van der Waals surface area contributed by atoms with Crippen LogP contribution in [0.1, 0.15) is 44.0 Å². The minimum absolute atomic E-state index is 0.0111. The number of furan rings is 1. The molecule has 1 amide bonds. The van der Waals surface area contributed by atoms with Gasteiger partial charge < -0.3 is 14.8 Å². The first-order valence-corrected chi connectivity index (χ1v) is 6.90. The van der Waals surface area contributed by atoms with E-state index in [-0.39, 0.29) is 29.2 Å². The fourth-order valence-corrected chi connectivity index (χ4v) is 3.09. The summed E-state index contributed by atoms with van der Waals surface area (Å²) in [4.78, 5) is 23.4. The van der Waals surface area contributed by atoms with Crippen LogP contribution in [-0.4, -0.2) is 23.0 Å². The molecule has 0 bridgehead atoms. The highest BCUT2D eigenvalue weighted by Gasteiger charge is 2.46. The van der Waals surface area contributed by atoms with Crippen molar-refractivity contribution in [1.82, 2.24) is 5.32 Å². The topological polar surface area (TPSA) is 79.5 Å². The van der Waals surface area contributed by atoms with Gasteiger partial charge in [-0.2, -0.15) is 0 Å². The summed E-state index contributed by atoms with van der Waals surface area (Å²) in [5.41, 5.74) is 0.147. The van der Waals surface area contributed by atoms with Gasteiger partial charge >= 0.3 is 5.97 Å². The van der Waals surface area contributed by atoms with Gasteiger partial charge in [0, 0.05) is 6.04 Å². The highest BCUT2D eigenvalue weighted by Crippen LogP contribution is 2.45. The van der Waals surface area contributed by atoms with Crippen molar-refractivity contribution in [3.05, 3.63) is 24.2 Å². The lowest BCUT2D eigenvalue weighted by Gasteiger charge is -2.46. The monoisotopic (exact) mass is 279 g/mol.